The number of halogens is 1. The van der Waals surface area contributed by atoms with Crippen LogP contribution in [0.25, 0.3) is 0 Å². The van der Waals surface area contributed by atoms with Crippen LogP contribution in [-0.2, 0) is 6.42 Å². The molecule has 2 N–H and O–H groups in total. The Morgan fingerprint density at radius 1 is 1.47 bits per heavy atom. The van der Waals surface area contributed by atoms with Crippen molar-refractivity contribution in [1.29, 1.82) is 0 Å². The maximum atomic E-state index is 13.7. The van der Waals surface area contributed by atoms with Crippen molar-refractivity contribution in [2.75, 3.05) is 6.54 Å². The number of nitrogens with zero attached hydrogens (tertiary/aromatic N) is 1. The number of nitrogens with two attached hydrogens (primary N) is 1. The average molecular weight is 252 g/mol. The third-order valence-corrected chi connectivity index (χ3v) is 3.14. The summed E-state index contributed by atoms with van der Waals surface area (Å²) in [5, 5.41) is 0.452. The van der Waals surface area contributed by atoms with Crippen LogP contribution in [0.4, 0.5) is 4.39 Å². The van der Waals surface area contributed by atoms with Gasteiger partial charge in [0.15, 0.2) is 0 Å². The molecular weight excluding hydrogens is 239 g/mol. The van der Waals surface area contributed by atoms with Gasteiger partial charge in [0.05, 0.1) is 10.6 Å². The lowest BCUT2D eigenvalue weighted by molar-refractivity contribution is 0.453. The Morgan fingerprint density at radius 3 is 2.88 bits per heavy atom. The fourth-order valence-electron chi connectivity index (χ4n) is 1.42. The zero-order valence-electron chi connectivity index (χ0n) is 9.44. The van der Waals surface area contributed by atoms with Gasteiger partial charge in [-0.1, -0.05) is 6.07 Å². The van der Waals surface area contributed by atoms with Crippen molar-refractivity contribution in [3.8, 4) is 0 Å². The summed E-state index contributed by atoms with van der Waals surface area (Å²) in [6, 6.07) is 5.10. The van der Waals surface area contributed by atoms with Gasteiger partial charge in [-0.2, -0.15) is 0 Å². The van der Waals surface area contributed by atoms with Gasteiger partial charge in [0.2, 0.25) is 0 Å². The lowest BCUT2D eigenvalue weighted by atomic mass is 10.1. The quantitative estimate of drug-likeness (QED) is 0.909. The molecule has 2 aromatic rings. The van der Waals surface area contributed by atoms with E-state index in [-0.39, 0.29) is 5.82 Å². The molecule has 90 valence electrons. The van der Waals surface area contributed by atoms with E-state index in [2.05, 4.69) is 4.98 Å². The summed E-state index contributed by atoms with van der Waals surface area (Å²) in [6.07, 6.45) is 2.23. The van der Waals surface area contributed by atoms with E-state index >= 15 is 0 Å². The molecule has 17 heavy (non-hydrogen) atoms. The maximum absolute atomic E-state index is 13.7. The van der Waals surface area contributed by atoms with Crippen LogP contribution in [0.2, 0.25) is 0 Å². The topological polar surface area (TPSA) is 52.0 Å². The Kier molecular flexibility index (Phi) is 3.81. The Bertz CT molecular complexity index is 513. The lowest BCUT2D eigenvalue weighted by Gasteiger charge is -2.03. The van der Waals surface area contributed by atoms with Crippen LogP contribution in [0.15, 0.2) is 39.0 Å². The summed E-state index contributed by atoms with van der Waals surface area (Å²) < 4.78 is 18.9. The van der Waals surface area contributed by atoms with Crippen molar-refractivity contribution in [3.05, 3.63) is 41.5 Å². The van der Waals surface area contributed by atoms with E-state index < -0.39 is 0 Å². The van der Waals surface area contributed by atoms with Gasteiger partial charge in [0, 0.05) is 0 Å². The normalized spacial score (nSPS) is 10.8. The van der Waals surface area contributed by atoms with Crippen LogP contribution in [-0.4, -0.2) is 11.5 Å². The first-order valence-corrected chi connectivity index (χ1v) is 6.09. The molecule has 2 rings (SSSR count). The molecule has 0 radical (unpaired) electrons. The van der Waals surface area contributed by atoms with Gasteiger partial charge in [0.1, 0.15) is 12.1 Å². The van der Waals surface area contributed by atoms with Crippen molar-refractivity contribution in [2.45, 2.75) is 23.5 Å². The predicted molar refractivity (Wildman–Crippen MR) is 64.5 cm³/mol. The van der Waals surface area contributed by atoms with Crippen molar-refractivity contribution in [3.63, 3.8) is 0 Å². The van der Waals surface area contributed by atoms with E-state index in [4.69, 9.17) is 10.2 Å². The minimum absolute atomic E-state index is 0.267. The predicted octanol–water partition coefficient (Wildman–Crippen LogP) is 2.77. The standard InChI is InChI=1S/C12H13FN2OS/c1-8-7-16-12(15-8)17-11-3-2-9(4-5-14)6-10(11)13/h2-3,6-7H,4-5,14H2,1H3. The Hall–Kier alpha value is -1.33. The summed E-state index contributed by atoms with van der Waals surface area (Å²) in [4.78, 5) is 4.62. The zero-order valence-corrected chi connectivity index (χ0v) is 10.3. The van der Waals surface area contributed by atoms with Crippen LogP contribution in [0.3, 0.4) is 0 Å². The first-order chi connectivity index (χ1) is 8.19. The zero-order chi connectivity index (χ0) is 12.3. The van der Waals surface area contributed by atoms with Gasteiger partial charge >= 0.3 is 0 Å². The molecule has 5 heteroatoms. The van der Waals surface area contributed by atoms with Crippen molar-refractivity contribution in [1.82, 2.24) is 4.98 Å². The van der Waals surface area contributed by atoms with E-state index in [0.29, 0.717) is 23.1 Å². The van der Waals surface area contributed by atoms with Crippen LogP contribution in [0.1, 0.15) is 11.3 Å². The van der Waals surface area contributed by atoms with Crippen molar-refractivity contribution in [2.24, 2.45) is 5.73 Å². The minimum atomic E-state index is -0.267. The fraction of sp³-hybridized carbons (Fsp3) is 0.250. The van der Waals surface area contributed by atoms with E-state index in [0.717, 1.165) is 11.3 Å². The molecule has 0 bridgehead atoms. The number of hydrogen-bond donors (Lipinski definition) is 1. The number of benzene rings is 1. The number of oxazole rings is 1. The van der Waals surface area contributed by atoms with Crippen LogP contribution >= 0.6 is 11.8 Å². The average Bonchev–Trinajstić information content (AvgIpc) is 2.69. The van der Waals surface area contributed by atoms with Crippen LogP contribution in [0.5, 0.6) is 0 Å². The van der Waals surface area contributed by atoms with Crippen molar-refractivity contribution < 1.29 is 8.81 Å². The molecule has 3 nitrogen and oxygen atoms in total. The summed E-state index contributed by atoms with van der Waals surface area (Å²) >= 11 is 1.18. The number of aryl methyl sites for hydroxylation is 1. The summed E-state index contributed by atoms with van der Waals surface area (Å²) in [6.45, 7) is 2.35. The summed E-state index contributed by atoms with van der Waals surface area (Å²) in [5.74, 6) is -0.267. The molecule has 0 atom stereocenters. The highest BCUT2D eigenvalue weighted by Crippen LogP contribution is 2.29. The molecule has 0 aliphatic carbocycles. The molecule has 0 aliphatic heterocycles. The molecule has 0 amide bonds. The Morgan fingerprint density at radius 2 is 2.29 bits per heavy atom. The molecule has 0 spiro atoms. The second-order valence-corrected chi connectivity index (χ2v) is 4.65. The molecule has 0 unspecified atom stereocenters. The molecule has 1 aromatic carbocycles. The van der Waals surface area contributed by atoms with Gasteiger partial charge in [-0.15, -0.1) is 0 Å². The monoisotopic (exact) mass is 252 g/mol. The number of aromatic nitrogens is 1. The first kappa shape index (κ1) is 12.1. The second-order valence-electron chi connectivity index (χ2n) is 3.66. The van der Waals surface area contributed by atoms with E-state index in [1.165, 1.54) is 17.8 Å². The minimum Gasteiger partial charge on any atom is -0.439 e. The van der Waals surface area contributed by atoms with Crippen LogP contribution < -0.4 is 5.73 Å². The smallest absolute Gasteiger partial charge is 0.260 e. The molecule has 0 saturated heterocycles. The van der Waals surface area contributed by atoms with Crippen LogP contribution in [0, 0.1) is 12.7 Å². The molecule has 0 fully saturated rings. The summed E-state index contributed by atoms with van der Waals surface area (Å²) in [7, 11) is 0. The SMILES string of the molecule is Cc1coc(Sc2ccc(CCN)cc2F)n1. The Balaban J connectivity index is 2.16. The third kappa shape index (κ3) is 3.08. The number of hydrogen-bond acceptors (Lipinski definition) is 4. The van der Waals surface area contributed by atoms with Gasteiger partial charge in [-0.05, 0) is 49.3 Å². The van der Waals surface area contributed by atoms with Gasteiger partial charge in [0.25, 0.3) is 5.22 Å². The van der Waals surface area contributed by atoms with Gasteiger partial charge in [-0.25, -0.2) is 9.37 Å². The molecule has 0 saturated carbocycles. The molecule has 1 heterocycles. The number of rotatable bonds is 4. The summed E-state index contributed by atoms with van der Waals surface area (Å²) in [5.41, 5.74) is 7.11. The van der Waals surface area contributed by atoms with Gasteiger partial charge < -0.3 is 10.2 Å². The molecular formula is C12H13FN2OS. The highest BCUT2D eigenvalue weighted by Gasteiger charge is 2.09. The van der Waals surface area contributed by atoms with Crippen molar-refractivity contribution >= 4 is 11.8 Å². The third-order valence-electron chi connectivity index (χ3n) is 2.22. The second kappa shape index (κ2) is 5.33. The first-order valence-electron chi connectivity index (χ1n) is 5.27. The van der Waals surface area contributed by atoms with Gasteiger partial charge in [-0.3, -0.25) is 0 Å². The fourth-order valence-corrected chi connectivity index (χ4v) is 2.19. The lowest BCUT2D eigenvalue weighted by Crippen LogP contribution is -2.02. The van der Waals surface area contributed by atoms with E-state index in [1.54, 1.807) is 12.3 Å². The molecule has 0 aliphatic rings. The van der Waals surface area contributed by atoms with E-state index in [9.17, 15) is 4.39 Å². The highest BCUT2D eigenvalue weighted by atomic mass is 32.2. The van der Waals surface area contributed by atoms with E-state index in [1.807, 2.05) is 13.0 Å². The maximum Gasteiger partial charge on any atom is 0.260 e. The largest absolute Gasteiger partial charge is 0.439 e. The Labute approximate surface area is 103 Å². The highest BCUT2D eigenvalue weighted by molar-refractivity contribution is 7.99. The molecule has 1 aromatic heterocycles.